The predicted molar refractivity (Wildman–Crippen MR) is 197 cm³/mol. The molecule has 2 atom stereocenters. The fraction of sp³-hybridized carbons (Fsp3) is 0.0488. The molecule has 0 fully saturated rings. The van der Waals surface area contributed by atoms with Crippen molar-refractivity contribution in [2.24, 2.45) is 0 Å². The monoisotopic (exact) mass is 699 g/mol. The van der Waals surface area contributed by atoms with Gasteiger partial charge in [-0.1, -0.05) is 40.2 Å². The first-order valence-corrected chi connectivity index (χ1v) is 17.0. The maximum absolute atomic E-state index is 4.32. The van der Waals surface area contributed by atoms with Gasteiger partial charge in [0, 0.05) is 97.4 Å². The van der Waals surface area contributed by atoms with Crippen LogP contribution in [-0.4, -0.2) is 37.0 Å². The van der Waals surface area contributed by atoms with Crippen LogP contribution in [0.3, 0.4) is 0 Å². The van der Waals surface area contributed by atoms with E-state index in [-0.39, 0.29) is 12.1 Å². The highest BCUT2D eigenvalue weighted by molar-refractivity contribution is 9.10. The van der Waals surface area contributed by atoms with Crippen molar-refractivity contribution in [3.05, 3.63) is 207 Å². The maximum Gasteiger partial charge on any atom is 0.0728 e. The average Bonchev–Trinajstić information content (AvgIpc) is 3.98. The lowest BCUT2D eigenvalue weighted by Crippen LogP contribution is -2.31. The molecule has 1 aromatic carbocycles. The molecule has 8 bridgehead atoms. The van der Waals surface area contributed by atoms with Gasteiger partial charge in [-0.25, -0.2) is 0 Å². The summed E-state index contributed by atoms with van der Waals surface area (Å²) in [6.45, 7) is 0. The summed E-state index contributed by atoms with van der Waals surface area (Å²) < 4.78 is 1.03. The smallest absolute Gasteiger partial charge is 0.0728 e. The summed E-state index contributed by atoms with van der Waals surface area (Å²) in [6, 6.07) is 29.4. The number of H-pyrrole nitrogens is 2. The van der Waals surface area contributed by atoms with Gasteiger partial charge in [-0.15, -0.1) is 0 Å². The lowest BCUT2D eigenvalue weighted by Gasteiger charge is -2.19. The molecule has 0 saturated carbocycles. The van der Waals surface area contributed by atoms with Crippen molar-refractivity contribution >= 4 is 38.2 Å². The molecule has 7 nitrogen and oxygen atoms in total. The molecule has 8 heterocycles. The van der Waals surface area contributed by atoms with Gasteiger partial charge in [-0.2, -0.15) is 0 Å². The molecular weight excluding hydrogens is 670 g/mol. The highest BCUT2D eigenvalue weighted by atomic mass is 79.9. The zero-order valence-corrected chi connectivity index (χ0v) is 27.8. The lowest BCUT2D eigenvalue weighted by atomic mass is 9.99. The van der Waals surface area contributed by atoms with Crippen molar-refractivity contribution in [3.8, 4) is 0 Å². The Bertz CT molecular complexity index is 2440. The number of rotatable bonds is 4. The third kappa shape index (κ3) is 5.36. The number of allylic oxidation sites excluding steroid dienone is 2. The summed E-state index contributed by atoms with van der Waals surface area (Å²) in [6.07, 6.45) is 20.0. The van der Waals surface area contributed by atoms with Gasteiger partial charge in [0.1, 0.15) is 0 Å². The van der Waals surface area contributed by atoms with Crippen LogP contribution in [0.4, 0.5) is 0 Å². The van der Waals surface area contributed by atoms with Gasteiger partial charge in [0.25, 0.3) is 0 Å². The van der Waals surface area contributed by atoms with E-state index in [0.717, 1.165) is 82.5 Å². The molecule has 0 aliphatic carbocycles. The number of hydrogen-bond acceptors (Lipinski definition) is 5. The second-order valence-electron chi connectivity index (χ2n) is 12.2. The first kappa shape index (κ1) is 29.2. The first-order chi connectivity index (χ1) is 24.2. The van der Waals surface area contributed by atoms with Crippen LogP contribution in [0.15, 0.2) is 162 Å². The van der Waals surface area contributed by atoms with Crippen molar-refractivity contribution < 1.29 is 0 Å². The van der Waals surface area contributed by atoms with E-state index in [2.05, 4.69) is 161 Å². The number of aromatic amines is 2. The maximum atomic E-state index is 4.32. The molecule has 4 N–H and O–H groups in total. The second kappa shape index (κ2) is 12.2. The molecule has 3 aliphatic rings. The summed E-state index contributed by atoms with van der Waals surface area (Å²) in [7, 11) is 0. The Labute approximate surface area is 291 Å². The summed E-state index contributed by atoms with van der Waals surface area (Å²) in [5, 5.41) is 9.85. The number of pyridine rings is 3. The van der Waals surface area contributed by atoms with E-state index in [4.69, 9.17) is 0 Å². The zero-order chi connectivity index (χ0) is 32.7. The van der Waals surface area contributed by atoms with Crippen LogP contribution >= 0.6 is 15.9 Å². The number of aromatic nitrogens is 5. The van der Waals surface area contributed by atoms with E-state index < -0.39 is 0 Å². The largest absolute Gasteiger partial charge is 0.374 e. The quantitative estimate of drug-likeness (QED) is 0.182. The molecule has 0 amide bonds. The molecule has 0 saturated heterocycles. The van der Waals surface area contributed by atoms with Crippen molar-refractivity contribution in [2.45, 2.75) is 12.1 Å². The molecule has 8 heteroatoms. The minimum absolute atomic E-state index is 0.0931. The third-order valence-electron chi connectivity index (χ3n) is 9.27. The minimum atomic E-state index is -0.0956. The molecule has 0 radical (unpaired) electrons. The Kier molecular flexibility index (Phi) is 7.28. The number of benzene rings is 1. The Hall–Kier alpha value is -5.99. The fourth-order valence-electron chi connectivity index (χ4n) is 7.07. The lowest BCUT2D eigenvalue weighted by molar-refractivity contribution is 0.849. The second-order valence-corrected chi connectivity index (χ2v) is 13.1. The van der Waals surface area contributed by atoms with Gasteiger partial charge >= 0.3 is 0 Å². The number of hydrogen-bond donors (Lipinski definition) is 4. The average molecular weight is 701 g/mol. The van der Waals surface area contributed by atoms with Crippen molar-refractivity contribution in [1.29, 1.82) is 0 Å². The van der Waals surface area contributed by atoms with Crippen LogP contribution in [0.5, 0.6) is 0 Å². The molecule has 5 aromatic heterocycles. The van der Waals surface area contributed by atoms with Crippen molar-refractivity contribution in [2.75, 3.05) is 0 Å². The molecule has 49 heavy (non-hydrogen) atoms. The molecule has 0 spiro atoms. The Balaban J connectivity index is 1.35. The third-order valence-corrected chi connectivity index (χ3v) is 9.80. The van der Waals surface area contributed by atoms with E-state index >= 15 is 0 Å². The molecule has 2 unspecified atom stereocenters. The summed E-state index contributed by atoms with van der Waals surface area (Å²) in [4.78, 5) is 20.6. The van der Waals surface area contributed by atoms with Gasteiger partial charge in [0.2, 0.25) is 0 Å². The normalized spacial score (nSPS) is 23.4. The number of halogens is 1. The van der Waals surface area contributed by atoms with E-state index in [1.807, 2.05) is 37.2 Å². The summed E-state index contributed by atoms with van der Waals surface area (Å²) in [5.74, 6) is 0. The minimum Gasteiger partial charge on any atom is -0.374 e. The van der Waals surface area contributed by atoms with Crippen LogP contribution in [0, 0.1) is 0 Å². The van der Waals surface area contributed by atoms with E-state index in [9.17, 15) is 0 Å². The Morgan fingerprint density at radius 3 is 1.35 bits per heavy atom. The van der Waals surface area contributed by atoms with Gasteiger partial charge < -0.3 is 20.6 Å². The van der Waals surface area contributed by atoms with Crippen LogP contribution in [-0.2, 0) is 0 Å². The van der Waals surface area contributed by atoms with Crippen LogP contribution < -0.4 is 21.3 Å². The van der Waals surface area contributed by atoms with Crippen LogP contribution in [0.25, 0.3) is 22.3 Å². The Morgan fingerprint density at radius 2 is 0.878 bits per heavy atom. The van der Waals surface area contributed by atoms with Crippen LogP contribution in [0.2, 0.25) is 0 Å². The number of nitrogens with one attached hydrogen (secondary N) is 4. The first-order valence-electron chi connectivity index (χ1n) is 16.2. The SMILES string of the molecule is Brc1ccc(/C2=C3\C=CC(N3)/C(c3ccncc3)=c3/cc/c([nH]3)=C(\c3ccncc3)C3C=C/C(=C(\c4ccncc4)c4ccc2[nH]4)N3)cc1. The van der Waals surface area contributed by atoms with Gasteiger partial charge in [-0.05, 0) is 107 Å². The highest BCUT2D eigenvalue weighted by Gasteiger charge is 2.27. The summed E-state index contributed by atoms with van der Waals surface area (Å²) in [5.41, 5.74) is 12.9. The standard InChI is InChI=1S/C41H30BrN7/c42-29-3-1-25(2-4-29)38-30-5-7-32(46-30)39(26-13-19-43-20-14-26)34-9-11-36(48-34)41(28-17-23-45-24-18-28)37-12-10-35(49-37)40(27-15-21-44-22-16-27)33-8-6-31(38)47-33/h1-24,32,37,46-49H/b38-30-,39-34-,40-35-,41-36-. The number of fused-ring (bicyclic) bond motifs is 8. The Morgan fingerprint density at radius 1 is 0.449 bits per heavy atom. The molecule has 3 aliphatic heterocycles. The molecular formula is C41H30BrN7. The number of nitrogens with zero attached hydrogens (tertiary/aromatic N) is 3. The van der Waals surface area contributed by atoms with Gasteiger partial charge in [0.15, 0.2) is 0 Å². The molecule has 236 valence electrons. The van der Waals surface area contributed by atoms with Crippen molar-refractivity contribution in [1.82, 2.24) is 35.6 Å². The van der Waals surface area contributed by atoms with Crippen molar-refractivity contribution in [3.63, 3.8) is 0 Å². The zero-order valence-electron chi connectivity index (χ0n) is 26.2. The van der Waals surface area contributed by atoms with Gasteiger partial charge in [0.05, 0.1) is 12.1 Å². The van der Waals surface area contributed by atoms with E-state index in [1.54, 1.807) is 0 Å². The highest BCUT2D eigenvalue weighted by Crippen LogP contribution is 2.35. The van der Waals surface area contributed by atoms with E-state index in [0.29, 0.717) is 0 Å². The van der Waals surface area contributed by atoms with Crippen LogP contribution in [0.1, 0.15) is 33.6 Å². The van der Waals surface area contributed by atoms with Gasteiger partial charge in [-0.3, -0.25) is 15.0 Å². The fourth-order valence-corrected chi connectivity index (χ4v) is 7.34. The molecule has 6 aromatic rings. The predicted octanol–water partition coefficient (Wildman–Crippen LogP) is 5.98. The van der Waals surface area contributed by atoms with E-state index in [1.165, 1.54) is 0 Å². The molecule has 9 rings (SSSR count). The summed E-state index contributed by atoms with van der Waals surface area (Å²) >= 11 is 3.63. The topological polar surface area (TPSA) is 94.3 Å².